The molecular weight excluding hydrogens is 1210 g/mol. The number of ether oxygens (including phenoxy) is 4. The van der Waals surface area contributed by atoms with Crippen LogP contribution in [0, 0.1) is 23.7 Å². The maximum Gasteiger partial charge on any atom is 0.472 e. The molecule has 0 aromatic carbocycles. The van der Waals surface area contributed by atoms with Gasteiger partial charge in [-0.1, -0.05) is 312 Å². The van der Waals surface area contributed by atoms with Crippen molar-refractivity contribution in [2.45, 2.75) is 382 Å². The SMILES string of the molecule is CCC(C)CCCCCCCCCCC(=O)O[C@H](COC(=O)CCCCCCCCCCC(C)C)COP(=O)(O)OCC(O)COP(=O)(O)OC[C@@H](COC(=O)CCCCCCCCCCCCCCCCCCC(C)C)OC(=O)CCCCCCCCC(C)CC. The maximum absolute atomic E-state index is 13.0. The Bertz CT molecular complexity index is 1820. The summed E-state index contributed by atoms with van der Waals surface area (Å²) in [7, 11) is -9.91. The highest BCUT2D eigenvalue weighted by Crippen LogP contribution is 2.45. The number of hydrogen-bond acceptors (Lipinski definition) is 15. The van der Waals surface area contributed by atoms with Crippen molar-refractivity contribution in [2.75, 3.05) is 39.6 Å². The minimum absolute atomic E-state index is 0.103. The van der Waals surface area contributed by atoms with Crippen LogP contribution in [-0.2, 0) is 65.4 Å². The van der Waals surface area contributed by atoms with Crippen LogP contribution in [0.1, 0.15) is 364 Å². The third kappa shape index (κ3) is 64.1. The number of carbonyl (C=O) groups is 4. The number of phosphoric ester groups is 2. The number of aliphatic hydroxyl groups is 1. The Kier molecular flexibility index (Phi) is 61.3. The molecule has 3 N–H and O–H groups in total. The summed E-state index contributed by atoms with van der Waals surface area (Å²) in [5.41, 5.74) is 0. The minimum Gasteiger partial charge on any atom is -0.462 e. The maximum atomic E-state index is 13.0. The molecule has 0 aliphatic carbocycles. The van der Waals surface area contributed by atoms with Crippen LogP contribution in [0.3, 0.4) is 0 Å². The lowest BCUT2D eigenvalue weighted by molar-refractivity contribution is -0.161. The Morgan fingerprint density at radius 2 is 0.522 bits per heavy atom. The molecule has 0 fully saturated rings. The molecule has 0 radical (unpaired) electrons. The summed E-state index contributed by atoms with van der Waals surface area (Å²) >= 11 is 0. The molecule has 0 spiro atoms. The third-order valence-corrected chi connectivity index (χ3v) is 19.4. The quantitative estimate of drug-likeness (QED) is 0.0222. The van der Waals surface area contributed by atoms with E-state index in [0.29, 0.717) is 25.7 Å². The second kappa shape index (κ2) is 62.6. The fraction of sp³-hybridized carbons (Fsp3) is 0.945. The fourth-order valence-electron chi connectivity index (χ4n) is 11.0. The van der Waals surface area contributed by atoms with Gasteiger partial charge in [-0.25, -0.2) is 9.13 Å². The lowest BCUT2D eigenvalue weighted by Crippen LogP contribution is -2.30. The Morgan fingerprint density at radius 1 is 0.304 bits per heavy atom. The predicted octanol–water partition coefficient (Wildman–Crippen LogP) is 20.9. The summed E-state index contributed by atoms with van der Waals surface area (Å²) in [6.07, 6.45) is 45.9. The molecule has 0 aromatic rings. The molecule has 19 heteroatoms. The molecule has 0 aliphatic heterocycles. The summed E-state index contributed by atoms with van der Waals surface area (Å²) in [6.45, 7) is 14.1. The Hall–Kier alpha value is -1.94. The van der Waals surface area contributed by atoms with Crippen LogP contribution in [0.2, 0.25) is 0 Å². The number of rotatable bonds is 70. The van der Waals surface area contributed by atoms with Crippen LogP contribution in [0.25, 0.3) is 0 Å². The van der Waals surface area contributed by atoms with Crippen molar-refractivity contribution in [3.8, 4) is 0 Å². The van der Waals surface area contributed by atoms with Gasteiger partial charge in [0, 0.05) is 25.7 Å². The monoisotopic (exact) mass is 1350 g/mol. The van der Waals surface area contributed by atoms with Crippen molar-refractivity contribution in [3.63, 3.8) is 0 Å². The van der Waals surface area contributed by atoms with E-state index in [1.54, 1.807) is 0 Å². The molecule has 0 amide bonds. The molecule has 5 unspecified atom stereocenters. The van der Waals surface area contributed by atoms with Gasteiger partial charge in [0.25, 0.3) is 0 Å². The molecule has 0 aliphatic rings. The van der Waals surface area contributed by atoms with E-state index in [1.165, 1.54) is 167 Å². The van der Waals surface area contributed by atoms with Gasteiger partial charge in [0.1, 0.15) is 19.3 Å². The zero-order valence-electron chi connectivity index (χ0n) is 60.2. The second-order valence-electron chi connectivity index (χ2n) is 27.8. The standard InChI is InChI=1S/C73H142O17P2/c1-9-65(7)51-43-35-27-22-24-30-39-47-55-72(77)89-68(59-84-71(76)54-46-38-29-23-21-26-34-42-50-64(5)6)61-87-91(79,80)85-57-67(74)58-86-92(81,82)88-62-69(90-73(78)56-48-40-32-31-36-44-52-66(8)10-2)60-83-70(75)53-45-37-28-20-18-16-14-12-11-13-15-17-19-25-33-41-49-63(3)4/h63-69,74H,9-62H2,1-8H3,(H,79,80)(H,81,82)/t65?,66?,67?,68-,69-/m1/s1. The first-order valence-electron chi connectivity index (χ1n) is 37.8. The predicted molar refractivity (Wildman–Crippen MR) is 372 cm³/mol. The Morgan fingerprint density at radius 3 is 0.772 bits per heavy atom. The minimum atomic E-state index is -4.95. The lowest BCUT2D eigenvalue weighted by atomic mass is 9.99. The first-order valence-corrected chi connectivity index (χ1v) is 40.8. The van der Waals surface area contributed by atoms with Crippen LogP contribution in [0.15, 0.2) is 0 Å². The molecule has 0 bridgehead atoms. The average molecular weight is 1350 g/mol. The molecule has 0 aromatic heterocycles. The zero-order chi connectivity index (χ0) is 68.2. The van der Waals surface area contributed by atoms with Gasteiger partial charge in [0.2, 0.25) is 0 Å². The number of unbranched alkanes of at least 4 members (excludes halogenated alkanes) is 34. The smallest absolute Gasteiger partial charge is 0.462 e. The largest absolute Gasteiger partial charge is 0.472 e. The normalized spacial score (nSPS) is 14.8. The molecule has 0 saturated heterocycles. The number of esters is 4. The van der Waals surface area contributed by atoms with E-state index in [0.717, 1.165) is 114 Å². The van der Waals surface area contributed by atoms with E-state index in [4.69, 9.17) is 37.0 Å². The van der Waals surface area contributed by atoms with Gasteiger partial charge in [-0.05, 0) is 49.4 Å². The van der Waals surface area contributed by atoms with Crippen LogP contribution >= 0.6 is 15.6 Å². The van der Waals surface area contributed by atoms with Gasteiger partial charge < -0.3 is 33.8 Å². The molecule has 92 heavy (non-hydrogen) atoms. The molecule has 0 rings (SSSR count). The van der Waals surface area contributed by atoms with Gasteiger partial charge in [-0.15, -0.1) is 0 Å². The summed E-state index contributed by atoms with van der Waals surface area (Å²) in [5.74, 6) is 0.898. The summed E-state index contributed by atoms with van der Waals surface area (Å²) in [4.78, 5) is 72.6. The fourth-order valence-corrected chi connectivity index (χ4v) is 12.5. The van der Waals surface area contributed by atoms with Crippen molar-refractivity contribution >= 4 is 39.5 Å². The highest BCUT2D eigenvalue weighted by molar-refractivity contribution is 7.47. The van der Waals surface area contributed by atoms with Gasteiger partial charge in [-0.3, -0.25) is 37.3 Å². The Labute approximate surface area is 562 Å². The number of phosphoric acid groups is 2. The van der Waals surface area contributed by atoms with Crippen LogP contribution in [-0.4, -0.2) is 96.7 Å². The van der Waals surface area contributed by atoms with Crippen molar-refractivity contribution in [1.29, 1.82) is 0 Å². The van der Waals surface area contributed by atoms with Gasteiger partial charge in [-0.2, -0.15) is 0 Å². The van der Waals surface area contributed by atoms with Crippen molar-refractivity contribution < 1.29 is 80.2 Å². The van der Waals surface area contributed by atoms with Gasteiger partial charge in [0.15, 0.2) is 12.2 Å². The van der Waals surface area contributed by atoms with Gasteiger partial charge in [0.05, 0.1) is 26.4 Å². The molecule has 17 nitrogen and oxygen atoms in total. The lowest BCUT2D eigenvalue weighted by Gasteiger charge is -2.21. The summed E-state index contributed by atoms with van der Waals surface area (Å²) in [5, 5.41) is 10.6. The molecule has 546 valence electrons. The van der Waals surface area contributed by atoms with E-state index in [2.05, 4.69) is 55.4 Å². The van der Waals surface area contributed by atoms with Gasteiger partial charge >= 0.3 is 39.5 Å². The van der Waals surface area contributed by atoms with Crippen LogP contribution in [0.4, 0.5) is 0 Å². The van der Waals surface area contributed by atoms with Crippen molar-refractivity contribution in [1.82, 2.24) is 0 Å². The number of carbonyl (C=O) groups excluding carboxylic acids is 4. The van der Waals surface area contributed by atoms with E-state index in [9.17, 15) is 43.2 Å². The molecule has 0 heterocycles. The average Bonchev–Trinajstić information content (AvgIpc) is 2.44. The summed E-state index contributed by atoms with van der Waals surface area (Å²) in [6, 6.07) is 0. The number of aliphatic hydroxyl groups excluding tert-OH is 1. The van der Waals surface area contributed by atoms with Crippen LogP contribution < -0.4 is 0 Å². The summed E-state index contributed by atoms with van der Waals surface area (Å²) < 4.78 is 68.4. The van der Waals surface area contributed by atoms with E-state index in [1.807, 2.05) is 0 Å². The Balaban J connectivity index is 5.19. The molecular formula is C73H142O17P2. The highest BCUT2D eigenvalue weighted by Gasteiger charge is 2.30. The van der Waals surface area contributed by atoms with Crippen molar-refractivity contribution in [2.24, 2.45) is 23.7 Å². The topological polar surface area (TPSA) is 237 Å². The highest BCUT2D eigenvalue weighted by atomic mass is 31.2. The first kappa shape index (κ1) is 90.1. The molecule has 7 atom stereocenters. The van der Waals surface area contributed by atoms with Crippen molar-refractivity contribution in [3.05, 3.63) is 0 Å². The van der Waals surface area contributed by atoms with E-state index >= 15 is 0 Å². The van der Waals surface area contributed by atoms with E-state index < -0.39 is 97.5 Å². The third-order valence-electron chi connectivity index (χ3n) is 17.5. The molecule has 0 saturated carbocycles. The van der Waals surface area contributed by atoms with Crippen LogP contribution in [0.5, 0.6) is 0 Å². The van der Waals surface area contributed by atoms with E-state index in [-0.39, 0.29) is 25.7 Å². The first-order chi connectivity index (χ1) is 44.2. The zero-order valence-corrected chi connectivity index (χ0v) is 62.0. The second-order valence-corrected chi connectivity index (χ2v) is 30.7. The number of hydrogen-bond donors (Lipinski definition) is 3.